The molecule has 13 rings (SSSR count). The largest absolute Gasteiger partial charge is 0.456 e. The summed E-state index contributed by atoms with van der Waals surface area (Å²) in [6, 6.07) is 92.0. The Hall–Kier alpha value is -8.92. The van der Waals surface area contributed by atoms with Gasteiger partial charge in [0.25, 0.3) is 0 Å². The molecule has 0 saturated heterocycles. The van der Waals surface area contributed by atoms with Gasteiger partial charge in [0.15, 0.2) is 0 Å². The van der Waals surface area contributed by atoms with Crippen LogP contribution in [0.5, 0.6) is 0 Å². The highest BCUT2D eigenvalue weighted by Gasteiger charge is 2.23. The van der Waals surface area contributed by atoms with Crippen molar-refractivity contribution in [3.8, 4) is 50.2 Å². The highest BCUT2D eigenvalue weighted by Crippen LogP contribution is 2.47. The van der Waals surface area contributed by atoms with Gasteiger partial charge in [-0.15, -0.1) is 0 Å². The molecule has 0 saturated carbocycles. The van der Waals surface area contributed by atoms with Gasteiger partial charge in [0, 0.05) is 44.0 Å². The van der Waals surface area contributed by atoms with Gasteiger partial charge in [0.1, 0.15) is 11.2 Å². The van der Waals surface area contributed by atoms with Crippen LogP contribution in [0.25, 0.3) is 105 Å². The number of nitrogens with zero attached hydrogens (tertiary/aromatic N) is 2. The van der Waals surface area contributed by atoms with E-state index in [0.29, 0.717) is 0 Å². The van der Waals surface area contributed by atoms with Crippen LogP contribution in [0.15, 0.2) is 259 Å². The average Bonchev–Trinajstić information content (AvgIpc) is 3.95. The lowest BCUT2D eigenvalue weighted by molar-refractivity contribution is 0.669. The Bertz CT molecular complexity index is 3930. The summed E-state index contributed by atoms with van der Waals surface area (Å²) in [5.41, 5.74) is 17.8. The fourth-order valence-corrected chi connectivity index (χ4v) is 10.3. The minimum Gasteiger partial charge on any atom is -0.456 e. The van der Waals surface area contributed by atoms with E-state index in [1.807, 2.05) is 6.07 Å². The molecule has 0 N–H and O–H groups in total. The van der Waals surface area contributed by atoms with Gasteiger partial charge in [-0.1, -0.05) is 182 Å². The average molecular weight is 855 g/mol. The number of rotatable bonds is 8. The molecular weight excluding hydrogens is 813 g/mol. The molecule has 11 aromatic carbocycles. The molecule has 13 aromatic rings. The third-order valence-corrected chi connectivity index (χ3v) is 13.4. The zero-order valence-corrected chi connectivity index (χ0v) is 36.6. The molecule has 3 heteroatoms. The van der Waals surface area contributed by atoms with E-state index in [4.69, 9.17) is 4.42 Å². The van der Waals surface area contributed by atoms with Crippen LogP contribution in [0, 0.1) is 0 Å². The first kappa shape index (κ1) is 38.5. The van der Waals surface area contributed by atoms with Gasteiger partial charge < -0.3 is 13.9 Å². The zero-order chi connectivity index (χ0) is 44.3. The Labute approximate surface area is 388 Å². The van der Waals surface area contributed by atoms with Crippen LogP contribution in [0.1, 0.15) is 0 Å². The smallest absolute Gasteiger partial charge is 0.136 e. The second kappa shape index (κ2) is 16.0. The first-order valence-corrected chi connectivity index (χ1v) is 22.9. The maximum atomic E-state index is 6.42. The van der Waals surface area contributed by atoms with E-state index in [0.717, 1.165) is 78.1 Å². The van der Waals surface area contributed by atoms with E-state index in [1.54, 1.807) is 0 Å². The standard InChI is InChI=1S/C64H42N2O/c1-2-16-46-42-49(32-31-43(46)15-1)52-19-3-8-25-58(52)65(61-28-11-6-22-55(61)56-24-14-30-63-64(56)57-23-7-12-29-62(57)67-63)50-37-33-44(34-38-50)47-17-13-18-48(41-47)45-35-39-51(40-36-45)66-59-26-9-4-20-53(59)54-21-5-10-27-60(54)66/h1-42H. The van der Waals surface area contributed by atoms with Gasteiger partial charge in [-0.25, -0.2) is 0 Å². The molecule has 0 aliphatic carbocycles. The van der Waals surface area contributed by atoms with Gasteiger partial charge in [0.05, 0.1) is 22.4 Å². The van der Waals surface area contributed by atoms with Crippen molar-refractivity contribution in [2.45, 2.75) is 0 Å². The highest BCUT2D eigenvalue weighted by molar-refractivity contribution is 6.14. The molecule has 0 unspecified atom stereocenters. The van der Waals surface area contributed by atoms with Gasteiger partial charge >= 0.3 is 0 Å². The molecule has 0 radical (unpaired) electrons. The van der Waals surface area contributed by atoms with Crippen LogP contribution in [0.4, 0.5) is 17.1 Å². The summed E-state index contributed by atoms with van der Waals surface area (Å²) in [7, 11) is 0. The number of aromatic nitrogens is 1. The summed E-state index contributed by atoms with van der Waals surface area (Å²) in [6.45, 7) is 0. The molecule has 0 atom stereocenters. The van der Waals surface area contributed by atoms with Gasteiger partial charge in [-0.3, -0.25) is 0 Å². The zero-order valence-electron chi connectivity index (χ0n) is 36.6. The Morgan fingerprint density at radius 1 is 0.313 bits per heavy atom. The SMILES string of the molecule is c1cc(-c2ccc(N(c3ccccc3-c3ccc4ccccc4c3)c3ccccc3-c3cccc4oc5ccccc5c34)cc2)cc(-c2ccc(-n3c4ccccc4c4ccccc43)cc2)c1. The summed E-state index contributed by atoms with van der Waals surface area (Å²) in [5, 5.41) is 7.20. The minimum atomic E-state index is 0.877. The lowest BCUT2D eigenvalue weighted by Gasteiger charge is -2.30. The van der Waals surface area contributed by atoms with Crippen molar-refractivity contribution >= 4 is 71.6 Å². The van der Waals surface area contributed by atoms with E-state index in [1.165, 1.54) is 43.7 Å². The summed E-state index contributed by atoms with van der Waals surface area (Å²) < 4.78 is 8.79. The quantitative estimate of drug-likeness (QED) is 0.152. The normalized spacial score (nSPS) is 11.6. The molecule has 0 fully saturated rings. The first-order valence-electron chi connectivity index (χ1n) is 22.9. The number of benzene rings is 11. The van der Waals surface area contributed by atoms with Crippen molar-refractivity contribution in [3.63, 3.8) is 0 Å². The maximum absolute atomic E-state index is 6.42. The van der Waals surface area contributed by atoms with Crippen molar-refractivity contribution in [2.24, 2.45) is 0 Å². The number of hydrogen-bond donors (Lipinski definition) is 0. The highest BCUT2D eigenvalue weighted by atomic mass is 16.3. The molecule has 0 aliphatic heterocycles. The predicted molar refractivity (Wildman–Crippen MR) is 282 cm³/mol. The number of anilines is 3. The number of furan rings is 1. The third kappa shape index (κ3) is 6.59. The van der Waals surface area contributed by atoms with Crippen LogP contribution < -0.4 is 4.90 Å². The molecule has 2 heterocycles. The van der Waals surface area contributed by atoms with E-state index in [9.17, 15) is 0 Å². The lowest BCUT2D eigenvalue weighted by atomic mass is 9.95. The number of fused-ring (bicyclic) bond motifs is 7. The second-order valence-electron chi connectivity index (χ2n) is 17.3. The summed E-state index contributed by atoms with van der Waals surface area (Å²) in [5.74, 6) is 0. The Kier molecular flexibility index (Phi) is 9.17. The van der Waals surface area contributed by atoms with Crippen molar-refractivity contribution < 1.29 is 4.42 Å². The van der Waals surface area contributed by atoms with Gasteiger partial charge in [-0.05, 0) is 117 Å². The third-order valence-electron chi connectivity index (χ3n) is 13.4. The van der Waals surface area contributed by atoms with Gasteiger partial charge in [-0.2, -0.15) is 0 Å². The monoisotopic (exact) mass is 854 g/mol. The molecule has 0 aliphatic rings. The Morgan fingerprint density at radius 2 is 0.836 bits per heavy atom. The first-order chi connectivity index (χ1) is 33.2. The van der Waals surface area contributed by atoms with Crippen LogP contribution in [0.3, 0.4) is 0 Å². The summed E-state index contributed by atoms with van der Waals surface area (Å²) in [4.78, 5) is 2.43. The topological polar surface area (TPSA) is 21.3 Å². The molecule has 3 nitrogen and oxygen atoms in total. The van der Waals surface area contributed by atoms with Crippen molar-refractivity contribution in [1.29, 1.82) is 0 Å². The summed E-state index contributed by atoms with van der Waals surface area (Å²) >= 11 is 0. The summed E-state index contributed by atoms with van der Waals surface area (Å²) in [6.07, 6.45) is 0. The molecule has 0 amide bonds. The van der Waals surface area contributed by atoms with Crippen LogP contribution in [-0.2, 0) is 0 Å². The molecule has 2 aromatic heterocycles. The fraction of sp³-hybridized carbons (Fsp3) is 0. The molecule has 314 valence electrons. The van der Waals surface area contributed by atoms with Crippen LogP contribution >= 0.6 is 0 Å². The Morgan fingerprint density at radius 3 is 1.57 bits per heavy atom. The molecule has 0 spiro atoms. The van der Waals surface area contributed by atoms with Crippen molar-refractivity contribution in [1.82, 2.24) is 4.57 Å². The molecule has 67 heavy (non-hydrogen) atoms. The van der Waals surface area contributed by atoms with Crippen LogP contribution in [0.2, 0.25) is 0 Å². The van der Waals surface area contributed by atoms with Crippen molar-refractivity contribution in [3.05, 3.63) is 255 Å². The van der Waals surface area contributed by atoms with E-state index in [-0.39, 0.29) is 0 Å². The van der Waals surface area contributed by atoms with E-state index in [2.05, 4.69) is 258 Å². The number of hydrogen-bond acceptors (Lipinski definition) is 2. The minimum absolute atomic E-state index is 0.877. The number of para-hydroxylation sites is 5. The Balaban J connectivity index is 0.911. The maximum Gasteiger partial charge on any atom is 0.136 e. The lowest BCUT2D eigenvalue weighted by Crippen LogP contribution is -2.12. The van der Waals surface area contributed by atoms with Crippen molar-refractivity contribution in [2.75, 3.05) is 4.90 Å². The molecule has 0 bridgehead atoms. The second-order valence-corrected chi connectivity index (χ2v) is 17.3. The van der Waals surface area contributed by atoms with E-state index >= 15 is 0 Å². The van der Waals surface area contributed by atoms with Crippen LogP contribution in [-0.4, -0.2) is 4.57 Å². The van der Waals surface area contributed by atoms with E-state index < -0.39 is 0 Å². The fourth-order valence-electron chi connectivity index (χ4n) is 10.3. The predicted octanol–water partition coefficient (Wildman–Crippen LogP) is 18.0. The molecular formula is C64H42N2O. The van der Waals surface area contributed by atoms with Gasteiger partial charge in [0.2, 0.25) is 0 Å².